The standard InChI is InChI=1S/C11H11BrN2S/c1-7-2-3-8(6-14-7)11(13)9-4-5-10(12)15-9/h2-6,11H,13H2,1H3. The first kappa shape index (κ1) is 10.8. The van der Waals surface area contributed by atoms with Crippen LogP contribution in [0.3, 0.4) is 0 Å². The number of halogens is 1. The Balaban J connectivity index is 2.28. The summed E-state index contributed by atoms with van der Waals surface area (Å²) in [6.45, 7) is 1.97. The van der Waals surface area contributed by atoms with Gasteiger partial charge in [-0.1, -0.05) is 6.07 Å². The predicted octanol–water partition coefficient (Wildman–Crippen LogP) is 3.26. The van der Waals surface area contributed by atoms with Gasteiger partial charge in [-0.05, 0) is 46.6 Å². The Bertz CT molecular complexity index is 450. The second-order valence-corrected chi connectivity index (χ2v) is 5.85. The molecule has 1 unspecified atom stereocenters. The third-order valence-electron chi connectivity index (χ3n) is 2.19. The molecule has 1 atom stereocenters. The second kappa shape index (κ2) is 4.43. The minimum atomic E-state index is -0.0746. The average molecular weight is 283 g/mol. The summed E-state index contributed by atoms with van der Waals surface area (Å²) in [7, 11) is 0. The number of aryl methyl sites for hydroxylation is 1. The fourth-order valence-corrected chi connectivity index (χ4v) is 2.78. The number of hydrogen-bond donors (Lipinski definition) is 1. The Morgan fingerprint density at radius 2 is 2.13 bits per heavy atom. The molecule has 78 valence electrons. The number of nitrogens with two attached hydrogens (primary N) is 1. The summed E-state index contributed by atoms with van der Waals surface area (Å²) in [5, 5.41) is 0. The molecule has 0 aromatic carbocycles. The van der Waals surface area contributed by atoms with Crippen molar-refractivity contribution in [1.29, 1.82) is 0 Å². The van der Waals surface area contributed by atoms with Gasteiger partial charge in [0.2, 0.25) is 0 Å². The molecule has 15 heavy (non-hydrogen) atoms. The fraction of sp³-hybridized carbons (Fsp3) is 0.182. The van der Waals surface area contributed by atoms with Gasteiger partial charge in [-0.15, -0.1) is 11.3 Å². The van der Waals surface area contributed by atoms with E-state index in [9.17, 15) is 0 Å². The van der Waals surface area contributed by atoms with Crippen LogP contribution in [0.1, 0.15) is 22.2 Å². The molecule has 0 aliphatic rings. The maximum atomic E-state index is 6.13. The Morgan fingerprint density at radius 3 is 2.67 bits per heavy atom. The summed E-state index contributed by atoms with van der Waals surface area (Å²) in [5.41, 5.74) is 8.19. The largest absolute Gasteiger partial charge is 0.320 e. The zero-order valence-corrected chi connectivity index (χ0v) is 10.7. The summed E-state index contributed by atoms with van der Waals surface area (Å²) < 4.78 is 1.10. The van der Waals surface area contributed by atoms with Gasteiger partial charge in [-0.3, -0.25) is 4.98 Å². The highest BCUT2D eigenvalue weighted by molar-refractivity contribution is 9.11. The topological polar surface area (TPSA) is 38.9 Å². The molecule has 2 rings (SSSR count). The fourth-order valence-electron chi connectivity index (χ4n) is 1.32. The molecular formula is C11H11BrN2S. The van der Waals surface area contributed by atoms with Crippen molar-refractivity contribution >= 4 is 27.3 Å². The summed E-state index contributed by atoms with van der Waals surface area (Å²) in [4.78, 5) is 5.39. The van der Waals surface area contributed by atoms with Crippen molar-refractivity contribution < 1.29 is 0 Å². The molecule has 0 fully saturated rings. The molecule has 0 saturated heterocycles. The molecule has 4 heteroatoms. The lowest BCUT2D eigenvalue weighted by Crippen LogP contribution is -2.10. The molecule has 2 N–H and O–H groups in total. The molecule has 2 aromatic heterocycles. The second-order valence-electron chi connectivity index (χ2n) is 3.35. The van der Waals surface area contributed by atoms with Crippen LogP contribution >= 0.6 is 27.3 Å². The number of hydrogen-bond acceptors (Lipinski definition) is 3. The van der Waals surface area contributed by atoms with Crippen molar-refractivity contribution in [2.45, 2.75) is 13.0 Å². The quantitative estimate of drug-likeness (QED) is 0.918. The van der Waals surface area contributed by atoms with Gasteiger partial charge < -0.3 is 5.73 Å². The lowest BCUT2D eigenvalue weighted by atomic mass is 10.1. The first-order valence-corrected chi connectivity index (χ1v) is 6.21. The number of aromatic nitrogens is 1. The first-order chi connectivity index (χ1) is 7.16. The molecule has 2 nitrogen and oxygen atoms in total. The van der Waals surface area contributed by atoms with Crippen molar-refractivity contribution in [3.05, 3.63) is 50.4 Å². The highest BCUT2D eigenvalue weighted by Crippen LogP contribution is 2.29. The van der Waals surface area contributed by atoms with Gasteiger partial charge in [0.25, 0.3) is 0 Å². The molecule has 0 bridgehead atoms. The third kappa shape index (κ3) is 2.45. The lowest BCUT2D eigenvalue weighted by molar-refractivity contribution is 0.881. The van der Waals surface area contributed by atoms with Gasteiger partial charge in [0.05, 0.1) is 9.83 Å². The predicted molar refractivity (Wildman–Crippen MR) is 67.0 cm³/mol. The number of thiophene rings is 1. The normalized spacial score (nSPS) is 12.7. The lowest BCUT2D eigenvalue weighted by Gasteiger charge is -2.09. The molecule has 2 aromatic rings. The molecule has 0 amide bonds. The van der Waals surface area contributed by atoms with E-state index in [1.807, 2.05) is 37.4 Å². The Labute approximate surface area is 101 Å². The van der Waals surface area contributed by atoms with Crippen molar-refractivity contribution in [3.63, 3.8) is 0 Å². The third-order valence-corrected chi connectivity index (χ3v) is 3.90. The Morgan fingerprint density at radius 1 is 1.33 bits per heavy atom. The van der Waals surface area contributed by atoms with Crippen LogP contribution in [-0.2, 0) is 0 Å². The number of rotatable bonds is 2. The van der Waals surface area contributed by atoms with Crippen LogP contribution < -0.4 is 5.73 Å². The van der Waals surface area contributed by atoms with E-state index >= 15 is 0 Å². The van der Waals surface area contributed by atoms with Crippen LogP contribution in [0.2, 0.25) is 0 Å². The number of pyridine rings is 1. The zero-order chi connectivity index (χ0) is 10.8. The Hall–Kier alpha value is -0.710. The highest BCUT2D eigenvalue weighted by atomic mass is 79.9. The minimum absolute atomic E-state index is 0.0746. The Kier molecular flexibility index (Phi) is 3.19. The van der Waals surface area contributed by atoms with E-state index in [1.165, 1.54) is 0 Å². The van der Waals surface area contributed by atoms with Gasteiger partial charge in [0.1, 0.15) is 0 Å². The summed E-state index contributed by atoms with van der Waals surface area (Å²) in [6.07, 6.45) is 1.84. The van der Waals surface area contributed by atoms with Crippen LogP contribution in [-0.4, -0.2) is 4.98 Å². The van der Waals surface area contributed by atoms with Gasteiger partial charge in [0, 0.05) is 16.8 Å². The van der Waals surface area contributed by atoms with E-state index in [2.05, 4.69) is 20.9 Å². The summed E-state index contributed by atoms with van der Waals surface area (Å²) >= 11 is 5.09. The maximum Gasteiger partial charge on any atom is 0.0702 e. The van der Waals surface area contributed by atoms with E-state index in [4.69, 9.17) is 5.73 Å². The molecule has 0 radical (unpaired) electrons. The SMILES string of the molecule is Cc1ccc(C(N)c2ccc(Br)s2)cn1. The molecule has 0 aliphatic heterocycles. The van der Waals surface area contributed by atoms with Crippen LogP contribution in [0.4, 0.5) is 0 Å². The van der Waals surface area contributed by atoms with E-state index in [0.717, 1.165) is 19.9 Å². The summed E-state index contributed by atoms with van der Waals surface area (Å²) in [5.74, 6) is 0. The van der Waals surface area contributed by atoms with E-state index in [1.54, 1.807) is 11.3 Å². The monoisotopic (exact) mass is 282 g/mol. The molecule has 2 heterocycles. The van der Waals surface area contributed by atoms with Crippen LogP contribution in [0.15, 0.2) is 34.2 Å². The summed E-state index contributed by atoms with van der Waals surface area (Å²) in [6, 6.07) is 7.99. The number of nitrogens with zero attached hydrogens (tertiary/aromatic N) is 1. The average Bonchev–Trinajstić information content (AvgIpc) is 2.65. The maximum absolute atomic E-state index is 6.13. The molecular weight excluding hydrogens is 272 g/mol. The molecule has 0 saturated carbocycles. The van der Waals surface area contributed by atoms with Crippen LogP contribution in [0, 0.1) is 6.92 Å². The van der Waals surface area contributed by atoms with Gasteiger partial charge in [-0.2, -0.15) is 0 Å². The molecule has 0 spiro atoms. The highest BCUT2D eigenvalue weighted by Gasteiger charge is 2.10. The van der Waals surface area contributed by atoms with Crippen LogP contribution in [0.5, 0.6) is 0 Å². The van der Waals surface area contributed by atoms with Crippen molar-refractivity contribution in [2.24, 2.45) is 5.73 Å². The van der Waals surface area contributed by atoms with Crippen molar-refractivity contribution in [2.75, 3.05) is 0 Å². The van der Waals surface area contributed by atoms with Gasteiger partial charge in [0.15, 0.2) is 0 Å². The van der Waals surface area contributed by atoms with Gasteiger partial charge in [-0.25, -0.2) is 0 Å². The zero-order valence-electron chi connectivity index (χ0n) is 8.27. The first-order valence-electron chi connectivity index (χ1n) is 4.60. The van der Waals surface area contributed by atoms with E-state index < -0.39 is 0 Å². The van der Waals surface area contributed by atoms with Crippen molar-refractivity contribution in [1.82, 2.24) is 4.98 Å². The minimum Gasteiger partial charge on any atom is -0.320 e. The van der Waals surface area contributed by atoms with E-state index in [0.29, 0.717) is 0 Å². The van der Waals surface area contributed by atoms with Crippen molar-refractivity contribution in [3.8, 4) is 0 Å². The molecule has 0 aliphatic carbocycles. The van der Waals surface area contributed by atoms with Crippen LogP contribution in [0.25, 0.3) is 0 Å². The smallest absolute Gasteiger partial charge is 0.0702 e. The van der Waals surface area contributed by atoms with Gasteiger partial charge >= 0.3 is 0 Å². The van der Waals surface area contributed by atoms with E-state index in [-0.39, 0.29) is 6.04 Å².